The van der Waals surface area contributed by atoms with E-state index in [1.807, 2.05) is 27.7 Å². The molecule has 0 unspecified atom stereocenters. The molecule has 2 aromatic heterocycles. The second-order valence-electron chi connectivity index (χ2n) is 6.99. The van der Waals surface area contributed by atoms with E-state index in [2.05, 4.69) is 15.1 Å². The normalized spacial score (nSPS) is 22.4. The molecule has 1 aliphatic heterocycles. The standard InChI is InChI=1S/C15H23N5O4S/c1-10(2)13-17-14(24-18-13)15(21)5-6-20(8-15)25(22,23)12-7-19(9-16-12)11(3)4/h7,9-11,21H,5-6,8H2,1-4H3/t15-/m0/s1. The Morgan fingerprint density at radius 2 is 2.04 bits per heavy atom. The maximum absolute atomic E-state index is 12.8. The molecule has 25 heavy (non-hydrogen) atoms. The predicted molar refractivity (Wildman–Crippen MR) is 88.3 cm³/mol. The Labute approximate surface area is 146 Å². The van der Waals surface area contributed by atoms with Gasteiger partial charge in [-0.1, -0.05) is 19.0 Å². The number of aromatic nitrogens is 4. The van der Waals surface area contributed by atoms with Crippen molar-refractivity contribution in [1.82, 2.24) is 24.0 Å². The van der Waals surface area contributed by atoms with E-state index < -0.39 is 15.6 Å². The lowest BCUT2D eigenvalue weighted by atomic mass is 10.0. The minimum atomic E-state index is -3.79. The fraction of sp³-hybridized carbons (Fsp3) is 0.667. The lowest BCUT2D eigenvalue weighted by Crippen LogP contribution is -2.34. The third-order valence-electron chi connectivity index (χ3n) is 4.35. The van der Waals surface area contributed by atoms with Gasteiger partial charge in [0.25, 0.3) is 15.9 Å². The van der Waals surface area contributed by atoms with Gasteiger partial charge in [0, 0.05) is 31.1 Å². The van der Waals surface area contributed by atoms with Crippen molar-refractivity contribution >= 4 is 10.0 Å². The van der Waals surface area contributed by atoms with Gasteiger partial charge in [-0.15, -0.1) is 0 Å². The zero-order valence-corrected chi connectivity index (χ0v) is 15.6. The maximum Gasteiger partial charge on any atom is 0.262 e. The molecule has 1 atom stereocenters. The van der Waals surface area contributed by atoms with Gasteiger partial charge in [0.2, 0.25) is 0 Å². The van der Waals surface area contributed by atoms with Crippen molar-refractivity contribution in [2.45, 2.75) is 56.7 Å². The number of hydrogen-bond donors (Lipinski definition) is 1. The third kappa shape index (κ3) is 3.21. The van der Waals surface area contributed by atoms with Crippen molar-refractivity contribution in [3.8, 4) is 0 Å². The summed E-state index contributed by atoms with van der Waals surface area (Å²) in [5.41, 5.74) is -1.48. The highest BCUT2D eigenvalue weighted by Crippen LogP contribution is 2.34. The summed E-state index contributed by atoms with van der Waals surface area (Å²) in [5.74, 6) is 0.601. The summed E-state index contributed by atoms with van der Waals surface area (Å²) in [6, 6.07) is 0.111. The van der Waals surface area contributed by atoms with Crippen LogP contribution in [0.5, 0.6) is 0 Å². The van der Waals surface area contributed by atoms with E-state index in [1.165, 1.54) is 16.8 Å². The number of hydrogen-bond acceptors (Lipinski definition) is 7. The van der Waals surface area contributed by atoms with Gasteiger partial charge in [-0.25, -0.2) is 13.4 Å². The van der Waals surface area contributed by atoms with E-state index >= 15 is 0 Å². The fourth-order valence-corrected chi connectivity index (χ4v) is 4.08. The van der Waals surface area contributed by atoms with Gasteiger partial charge in [0.15, 0.2) is 16.5 Å². The molecule has 0 amide bonds. The summed E-state index contributed by atoms with van der Waals surface area (Å²) < 4.78 is 33.6. The molecule has 1 N–H and O–H groups in total. The quantitative estimate of drug-likeness (QED) is 0.843. The van der Waals surface area contributed by atoms with Gasteiger partial charge in [-0.3, -0.25) is 0 Å². The molecule has 0 radical (unpaired) electrons. The van der Waals surface area contributed by atoms with Gasteiger partial charge in [0.1, 0.15) is 0 Å². The van der Waals surface area contributed by atoms with E-state index in [9.17, 15) is 13.5 Å². The summed E-state index contributed by atoms with van der Waals surface area (Å²) in [7, 11) is -3.79. The Kier molecular flexibility index (Phi) is 4.46. The van der Waals surface area contributed by atoms with Crippen molar-refractivity contribution in [1.29, 1.82) is 0 Å². The average Bonchev–Trinajstić information content (AvgIpc) is 3.26. The van der Waals surface area contributed by atoms with Gasteiger partial charge in [-0.05, 0) is 13.8 Å². The molecule has 9 nitrogen and oxygen atoms in total. The molecule has 0 spiro atoms. The average molecular weight is 369 g/mol. The van der Waals surface area contributed by atoms with Crippen molar-refractivity contribution < 1.29 is 18.0 Å². The van der Waals surface area contributed by atoms with Crippen molar-refractivity contribution in [3.63, 3.8) is 0 Å². The van der Waals surface area contributed by atoms with Crippen LogP contribution in [0.3, 0.4) is 0 Å². The lowest BCUT2D eigenvalue weighted by molar-refractivity contribution is 0.0194. The molecule has 0 aromatic carbocycles. The molecule has 0 bridgehead atoms. The molecule has 1 saturated heterocycles. The molecule has 10 heteroatoms. The van der Waals surface area contributed by atoms with Crippen molar-refractivity contribution in [3.05, 3.63) is 24.2 Å². The van der Waals surface area contributed by atoms with Crippen LogP contribution in [0, 0.1) is 0 Å². The van der Waals surface area contributed by atoms with E-state index in [0.29, 0.717) is 5.82 Å². The Hall–Kier alpha value is -1.78. The fourth-order valence-electron chi connectivity index (χ4n) is 2.66. The smallest absolute Gasteiger partial charge is 0.262 e. The van der Waals surface area contributed by atoms with Crippen LogP contribution in [-0.2, 0) is 15.6 Å². The topological polar surface area (TPSA) is 114 Å². The number of sulfonamides is 1. The molecule has 3 rings (SSSR count). The molecule has 0 saturated carbocycles. The Morgan fingerprint density at radius 3 is 2.60 bits per heavy atom. The Morgan fingerprint density at radius 1 is 1.32 bits per heavy atom. The second kappa shape index (κ2) is 6.19. The first-order valence-electron chi connectivity index (χ1n) is 8.23. The molecule has 2 aromatic rings. The Bertz CT molecular complexity index is 857. The summed E-state index contributed by atoms with van der Waals surface area (Å²) >= 11 is 0. The first-order valence-corrected chi connectivity index (χ1v) is 9.67. The molecule has 138 valence electrons. The second-order valence-corrected chi connectivity index (χ2v) is 8.87. The number of β-amino-alcohol motifs (C(OH)–C–C–N with tert-alkyl or cyclic N) is 1. The summed E-state index contributed by atoms with van der Waals surface area (Å²) in [5, 5.41) is 14.6. The van der Waals surface area contributed by atoms with Crippen LogP contribution in [0.15, 0.2) is 22.1 Å². The largest absolute Gasteiger partial charge is 0.379 e. The van der Waals surface area contributed by atoms with E-state index in [0.717, 1.165) is 0 Å². The zero-order chi connectivity index (χ0) is 18.4. The van der Waals surface area contributed by atoms with E-state index in [4.69, 9.17) is 4.52 Å². The molecular formula is C15H23N5O4S. The minimum Gasteiger partial charge on any atom is -0.379 e. The highest BCUT2D eigenvalue weighted by atomic mass is 32.2. The third-order valence-corrected chi connectivity index (χ3v) is 6.08. The molecular weight excluding hydrogens is 346 g/mol. The molecule has 1 aliphatic rings. The van der Waals surface area contributed by atoms with Gasteiger partial charge < -0.3 is 14.2 Å². The number of aliphatic hydroxyl groups is 1. The van der Waals surface area contributed by atoms with Crippen LogP contribution in [0.1, 0.15) is 57.8 Å². The van der Waals surface area contributed by atoms with Crippen LogP contribution in [0.25, 0.3) is 0 Å². The van der Waals surface area contributed by atoms with Crippen LogP contribution < -0.4 is 0 Å². The highest BCUT2D eigenvalue weighted by molar-refractivity contribution is 7.89. The van der Waals surface area contributed by atoms with Crippen LogP contribution >= 0.6 is 0 Å². The number of imidazole rings is 1. The van der Waals surface area contributed by atoms with Crippen LogP contribution in [0.4, 0.5) is 0 Å². The summed E-state index contributed by atoms with van der Waals surface area (Å²) in [6.45, 7) is 7.73. The Balaban J connectivity index is 1.82. The van der Waals surface area contributed by atoms with Gasteiger partial charge in [-0.2, -0.15) is 9.29 Å². The van der Waals surface area contributed by atoms with Gasteiger partial charge >= 0.3 is 0 Å². The molecule has 0 aliphatic carbocycles. The highest BCUT2D eigenvalue weighted by Gasteiger charge is 2.47. The predicted octanol–water partition coefficient (Wildman–Crippen LogP) is 1.25. The minimum absolute atomic E-state index is 0.0288. The maximum atomic E-state index is 12.8. The lowest BCUT2D eigenvalue weighted by Gasteiger charge is -2.18. The van der Waals surface area contributed by atoms with Crippen molar-refractivity contribution in [2.24, 2.45) is 0 Å². The zero-order valence-electron chi connectivity index (χ0n) is 14.7. The number of nitrogens with zero attached hydrogens (tertiary/aromatic N) is 5. The number of rotatable bonds is 5. The van der Waals surface area contributed by atoms with E-state index in [1.54, 1.807) is 4.57 Å². The SMILES string of the molecule is CC(C)c1noc([C@]2(O)CCN(S(=O)(=O)c3cn(C(C)C)cn3)C2)n1. The van der Waals surface area contributed by atoms with E-state index in [-0.39, 0.29) is 42.4 Å². The molecule has 3 heterocycles. The van der Waals surface area contributed by atoms with Crippen LogP contribution in [0.2, 0.25) is 0 Å². The van der Waals surface area contributed by atoms with Crippen LogP contribution in [-0.4, -0.2) is 50.6 Å². The monoisotopic (exact) mass is 369 g/mol. The molecule has 1 fully saturated rings. The van der Waals surface area contributed by atoms with Crippen molar-refractivity contribution in [2.75, 3.05) is 13.1 Å². The first kappa shape index (κ1) is 18.0. The van der Waals surface area contributed by atoms with Gasteiger partial charge in [0.05, 0.1) is 12.9 Å². The summed E-state index contributed by atoms with van der Waals surface area (Å²) in [6.07, 6.45) is 3.19. The summed E-state index contributed by atoms with van der Waals surface area (Å²) in [4.78, 5) is 8.21. The first-order chi connectivity index (χ1) is 11.6.